The molecule has 0 unspecified atom stereocenters. The minimum atomic E-state index is 1.17. The van der Waals surface area contributed by atoms with E-state index in [0.717, 1.165) is 0 Å². The van der Waals surface area contributed by atoms with Crippen molar-refractivity contribution < 1.29 is 0 Å². The molecule has 0 radical (unpaired) electrons. The van der Waals surface area contributed by atoms with Crippen molar-refractivity contribution in [3.8, 4) is 0 Å². The Balaban J connectivity index is 0.00000102. The van der Waals surface area contributed by atoms with Crippen molar-refractivity contribution in [3.63, 3.8) is 0 Å². The quantitative estimate of drug-likeness (QED) is 0.747. The topological polar surface area (TPSA) is 6.48 Å². The molecule has 2 heteroatoms. The van der Waals surface area contributed by atoms with E-state index in [-0.39, 0.29) is 0 Å². The number of hydrogen-bond acceptors (Lipinski definition) is 2. The molecule has 1 saturated heterocycles. The molecule has 2 rings (SSSR count). The van der Waals surface area contributed by atoms with Crippen LogP contribution in [0.3, 0.4) is 0 Å². The zero-order valence-electron chi connectivity index (χ0n) is 16.1. The minimum absolute atomic E-state index is 1.17. The first-order valence-corrected chi connectivity index (χ1v) is 9.26. The van der Waals surface area contributed by atoms with Crippen LogP contribution in [0, 0.1) is 13.8 Å². The predicted octanol–water partition coefficient (Wildman–Crippen LogP) is 5.28. The summed E-state index contributed by atoms with van der Waals surface area (Å²) in [5, 5.41) is 0. The number of benzene rings is 1. The maximum Gasteiger partial charge on any atom is 0.0399 e. The fourth-order valence-electron chi connectivity index (χ4n) is 2.67. The van der Waals surface area contributed by atoms with Gasteiger partial charge in [0.1, 0.15) is 0 Å². The van der Waals surface area contributed by atoms with Crippen LogP contribution in [-0.4, -0.2) is 37.6 Å². The van der Waals surface area contributed by atoms with Gasteiger partial charge in [-0.2, -0.15) is 0 Å². The second kappa shape index (κ2) is 12.5. The van der Waals surface area contributed by atoms with E-state index in [4.69, 9.17) is 0 Å². The summed E-state index contributed by atoms with van der Waals surface area (Å²) in [6.45, 7) is 20.8. The number of piperazine rings is 1. The summed E-state index contributed by atoms with van der Waals surface area (Å²) < 4.78 is 0. The average molecular weight is 307 g/mol. The van der Waals surface area contributed by atoms with E-state index in [9.17, 15) is 0 Å². The van der Waals surface area contributed by atoms with E-state index in [0.29, 0.717) is 0 Å². The summed E-state index contributed by atoms with van der Waals surface area (Å²) in [5.74, 6) is 0. The van der Waals surface area contributed by atoms with Crippen LogP contribution in [-0.2, 0) is 0 Å². The molecule has 0 amide bonds. The Morgan fingerprint density at radius 3 is 2.05 bits per heavy atom. The Kier molecular flexibility index (Phi) is 11.9. The second-order valence-corrected chi connectivity index (χ2v) is 5.40. The van der Waals surface area contributed by atoms with E-state index in [1.165, 1.54) is 62.4 Å². The largest absolute Gasteiger partial charge is 0.369 e. The molecule has 1 aromatic carbocycles. The molecule has 1 fully saturated rings. The van der Waals surface area contributed by atoms with Gasteiger partial charge in [-0.3, -0.25) is 4.90 Å². The molecule has 2 nitrogen and oxygen atoms in total. The third-order valence-corrected chi connectivity index (χ3v) is 4.12. The maximum absolute atomic E-state index is 2.60. The molecule has 1 aromatic rings. The number of anilines is 1. The molecule has 1 aliphatic rings. The summed E-state index contributed by atoms with van der Waals surface area (Å²) in [4.78, 5) is 5.15. The van der Waals surface area contributed by atoms with E-state index >= 15 is 0 Å². The van der Waals surface area contributed by atoms with Crippen molar-refractivity contribution in [2.75, 3.05) is 37.6 Å². The number of unbranched alkanes of at least 4 members (excludes halogenated alkanes) is 1. The molecule has 0 aromatic heterocycles. The summed E-state index contributed by atoms with van der Waals surface area (Å²) in [6, 6.07) is 6.65. The van der Waals surface area contributed by atoms with E-state index in [1.807, 2.05) is 27.7 Å². The Bertz CT molecular complexity index is 379. The Labute approximate surface area is 139 Å². The first-order chi connectivity index (χ1) is 10.7. The molecule has 1 aliphatic heterocycles. The van der Waals surface area contributed by atoms with Crippen molar-refractivity contribution in [1.82, 2.24) is 4.90 Å². The van der Waals surface area contributed by atoms with E-state index in [2.05, 4.69) is 48.8 Å². The van der Waals surface area contributed by atoms with E-state index < -0.39 is 0 Å². The van der Waals surface area contributed by atoms with Gasteiger partial charge in [-0.25, -0.2) is 0 Å². The van der Waals surface area contributed by atoms with Crippen molar-refractivity contribution in [2.45, 2.75) is 61.3 Å². The van der Waals surface area contributed by atoms with Crippen molar-refractivity contribution in [1.29, 1.82) is 0 Å². The third kappa shape index (κ3) is 6.39. The van der Waals surface area contributed by atoms with Crippen molar-refractivity contribution in [2.24, 2.45) is 0 Å². The van der Waals surface area contributed by atoms with Crippen LogP contribution in [0.5, 0.6) is 0 Å². The fraction of sp³-hybridized carbons (Fsp3) is 0.700. The third-order valence-electron chi connectivity index (χ3n) is 4.12. The van der Waals surface area contributed by atoms with Crippen LogP contribution in [0.25, 0.3) is 0 Å². The molecule has 0 N–H and O–H groups in total. The highest BCUT2D eigenvalue weighted by Crippen LogP contribution is 2.23. The number of aryl methyl sites for hydroxylation is 1. The first-order valence-electron chi connectivity index (χ1n) is 9.26. The molecule has 0 spiro atoms. The summed E-state index contributed by atoms with van der Waals surface area (Å²) >= 11 is 0. The van der Waals surface area contributed by atoms with E-state index in [1.54, 1.807) is 0 Å². The maximum atomic E-state index is 2.60. The molecular formula is C20H38N2. The molecular weight excluding hydrogens is 268 g/mol. The lowest BCUT2D eigenvalue weighted by atomic mass is 10.1. The normalized spacial score (nSPS) is 14.6. The molecule has 22 heavy (non-hydrogen) atoms. The Morgan fingerprint density at radius 2 is 1.50 bits per heavy atom. The molecule has 0 saturated carbocycles. The van der Waals surface area contributed by atoms with Crippen LogP contribution in [0.15, 0.2) is 18.2 Å². The number of nitrogens with zero attached hydrogens (tertiary/aromatic N) is 2. The zero-order valence-corrected chi connectivity index (χ0v) is 16.1. The standard InChI is InChI=1S/C16H26N2.2C2H6/c1-4-5-9-17-10-12-18(13-11-17)16-8-6-7-14(2)15(16)3;2*1-2/h6-8H,4-5,9-13H2,1-3H3;2*1-2H3. The summed E-state index contributed by atoms with van der Waals surface area (Å²) in [6.07, 6.45) is 2.64. The predicted molar refractivity (Wildman–Crippen MR) is 102 cm³/mol. The highest BCUT2D eigenvalue weighted by atomic mass is 15.3. The van der Waals surface area contributed by atoms with Crippen LogP contribution in [0.4, 0.5) is 5.69 Å². The highest BCUT2D eigenvalue weighted by Gasteiger charge is 2.17. The summed E-state index contributed by atoms with van der Waals surface area (Å²) in [7, 11) is 0. The van der Waals surface area contributed by atoms with Crippen LogP contribution >= 0.6 is 0 Å². The van der Waals surface area contributed by atoms with Gasteiger partial charge in [0.15, 0.2) is 0 Å². The molecule has 0 atom stereocenters. The molecule has 128 valence electrons. The SMILES string of the molecule is CC.CC.CCCCN1CCN(c2cccc(C)c2C)CC1. The lowest BCUT2D eigenvalue weighted by Gasteiger charge is -2.37. The lowest BCUT2D eigenvalue weighted by Crippen LogP contribution is -2.46. The molecule has 0 bridgehead atoms. The van der Waals surface area contributed by atoms with Gasteiger partial charge >= 0.3 is 0 Å². The Morgan fingerprint density at radius 1 is 0.909 bits per heavy atom. The van der Waals surface area contributed by atoms with Gasteiger partial charge in [0, 0.05) is 31.9 Å². The van der Waals surface area contributed by atoms with Gasteiger partial charge < -0.3 is 4.90 Å². The second-order valence-electron chi connectivity index (χ2n) is 5.40. The molecule has 0 aliphatic carbocycles. The zero-order chi connectivity index (χ0) is 17.0. The number of rotatable bonds is 4. The number of hydrogen-bond donors (Lipinski definition) is 0. The highest BCUT2D eigenvalue weighted by molar-refractivity contribution is 5.56. The van der Waals surface area contributed by atoms with Gasteiger partial charge in [-0.05, 0) is 44.0 Å². The van der Waals surface area contributed by atoms with Gasteiger partial charge in [0.2, 0.25) is 0 Å². The fourth-order valence-corrected chi connectivity index (χ4v) is 2.67. The van der Waals surface area contributed by atoms with Crippen molar-refractivity contribution >= 4 is 5.69 Å². The van der Waals surface area contributed by atoms with Gasteiger partial charge in [-0.15, -0.1) is 0 Å². The van der Waals surface area contributed by atoms with Crippen molar-refractivity contribution in [3.05, 3.63) is 29.3 Å². The van der Waals surface area contributed by atoms with Gasteiger partial charge in [0.25, 0.3) is 0 Å². The van der Waals surface area contributed by atoms with Gasteiger partial charge in [0.05, 0.1) is 0 Å². The Hall–Kier alpha value is -1.02. The summed E-state index contributed by atoms with van der Waals surface area (Å²) in [5.41, 5.74) is 4.28. The average Bonchev–Trinajstić information content (AvgIpc) is 2.60. The monoisotopic (exact) mass is 306 g/mol. The molecule has 1 heterocycles. The van der Waals surface area contributed by atoms with Crippen LogP contribution in [0.2, 0.25) is 0 Å². The van der Waals surface area contributed by atoms with Crippen LogP contribution < -0.4 is 4.90 Å². The minimum Gasteiger partial charge on any atom is -0.369 e. The van der Waals surface area contributed by atoms with Gasteiger partial charge in [-0.1, -0.05) is 53.2 Å². The van der Waals surface area contributed by atoms with Crippen LogP contribution in [0.1, 0.15) is 58.6 Å². The lowest BCUT2D eigenvalue weighted by molar-refractivity contribution is 0.254. The smallest absolute Gasteiger partial charge is 0.0399 e. The first kappa shape index (κ1) is 21.0.